The van der Waals surface area contributed by atoms with Crippen molar-refractivity contribution in [2.45, 2.75) is 26.7 Å². The van der Waals surface area contributed by atoms with Crippen molar-refractivity contribution >= 4 is 17.2 Å². The average molecular weight is 446 g/mol. The van der Waals surface area contributed by atoms with Crippen molar-refractivity contribution in [3.8, 4) is 22.0 Å². The van der Waals surface area contributed by atoms with Gasteiger partial charge in [-0.1, -0.05) is 29.8 Å². The highest BCUT2D eigenvalue weighted by Crippen LogP contribution is 2.24. The monoisotopic (exact) mass is 445 g/mol. The minimum absolute atomic E-state index is 0.0207. The number of nitrogens with one attached hydrogen (secondary N) is 2. The van der Waals surface area contributed by atoms with Crippen LogP contribution in [0.25, 0.3) is 22.0 Å². The van der Waals surface area contributed by atoms with E-state index in [1.165, 1.54) is 5.56 Å². The summed E-state index contributed by atoms with van der Waals surface area (Å²) in [7, 11) is 0. The summed E-state index contributed by atoms with van der Waals surface area (Å²) in [6.07, 6.45) is 3.89. The first kappa shape index (κ1) is 21.6. The maximum atomic E-state index is 12.5. The maximum Gasteiger partial charge on any atom is 0.255 e. The van der Waals surface area contributed by atoms with Gasteiger partial charge in [-0.05, 0) is 26.0 Å². The lowest BCUT2D eigenvalue weighted by atomic mass is 10.1. The van der Waals surface area contributed by atoms with Crippen molar-refractivity contribution in [1.82, 2.24) is 25.3 Å². The third kappa shape index (κ3) is 5.15. The predicted molar refractivity (Wildman–Crippen MR) is 126 cm³/mol. The van der Waals surface area contributed by atoms with Crippen LogP contribution in [0, 0.1) is 13.8 Å². The molecule has 2 N–H and O–H groups in total. The summed E-state index contributed by atoms with van der Waals surface area (Å²) in [6, 6.07) is 11.9. The molecule has 32 heavy (non-hydrogen) atoms. The van der Waals surface area contributed by atoms with Gasteiger partial charge < -0.3 is 10.3 Å². The van der Waals surface area contributed by atoms with E-state index in [1.54, 1.807) is 36.7 Å². The molecule has 0 saturated carbocycles. The topological polar surface area (TPSA) is 101 Å². The number of pyridine rings is 1. The largest absolute Gasteiger partial charge is 0.355 e. The molecule has 3 heterocycles. The van der Waals surface area contributed by atoms with Crippen LogP contribution in [-0.2, 0) is 17.6 Å². The summed E-state index contributed by atoms with van der Waals surface area (Å²) < 4.78 is 0. The number of benzene rings is 1. The Labute approximate surface area is 189 Å². The molecule has 0 radical (unpaired) electrons. The normalized spacial score (nSPS) is 10.8. The molecule has 0 aliphatic carbocycles. The smallest absolute Gasteiger partial charge is 0.255 e. The number of hydrogen-bond donors (Lipinski definition) is 2. The Bertz CT molecular complexity index is 1280. The molecule has 1 amide bonds. The van der Waals surface area contributed by atoms with Crippen molar-refractivity contribution in [3.05, 3.63) is 87.0 Å². The van der Waals surface area contributed by atoms with Gasteiger partial charge in [0.05, 0.1) is 12.1 Å². The van der Waals surface area contributed by atoms with Crippen LogP contribution in [0.15, 0.2) is 59.0 Å². The number of carbonyl (C=O) groups excluding carboxylic acids is 1. The van der Waals surface area contributed by atoms with E-state index in [9.17, 15) is 9.59 Å². The van der Waals surface area contributed by atoms with Gasteiger partial charge in [-0.2, -0.15) is 0 Å². The highest BCUT2D eigenvalue weighted by Gasteiger charge is 2.14. The zero-order chi connectivity index (χ0) is 22.5. The Morgan fingerprint density at radius 2 is 1.91 bits per heavy atom. The van der Waals surface area contributed by atoms with E-state index < -0.39 is 0 Å². The van der Waals surface area contributed by atoms with Gasteiger partial charge in [0.1, 0.15) is 10.8 Å². The molecule has 0 aliphatic heterocycles. The van der Waals surface area contributed by atoms with Gasteiger partial charge in [-0.25, -0.2) is 9.97 Å². The van der Waals surface area contributed by atoms with Crippen LogP contribution in [0.5, 0.6) is 0 Å². The van der Waals surface area contributed by atoms with Gasteiger partial charge in [0.15, 0.2) is 0 Å². The highest BCUT2D eigenvalue weighted by molar-refractivity contribution is 7.13. The lowest BCUT2D eigenvalue weighted by Gasteiger charge is -2.08. The van der Waals surface area contributed by atoms with Gasteiger partial charge in [-0.15, -0.1) is 11.3 Å². The van der Waals surface area contributed by atoms with Crippen molar-refractivity contribution in [2.75, 3.05) is 6.54 Å². The maximum absolute atomic E-state index is 12.5. The van der Waals surface area contributed by atoms with Crippen molar-refractivity contribution in [1.29, 1.82) is 0 Å². The molecular formula is C24H23N5O2S. The number of thiazole rings is 1. The highest BCUT2D eigenvalue weighted by atomic mass is 32.1. The van der Waals surface area contributed by atoms with Crippen LogP contribution in [0.1, 0.15) is 22.5 Å². The Morgan fingerprint density at radius 1 is 1.09 bits per heavy atom. The summed E-state index contributed by atoms with van der Waals surface area (Å²) in [6.45, 7) is 4.24. The lowest BCUT2D eigenvalue weighted by Crippen LogP contribution is -2.30. The van der Waals surface area contributed by atoms with Crippen LogP contribution < -0.4 is 10.9 Å². The fourth-order valence-electron chi connectivity index (χ4n) is 3.26. The predicted octanol–water partition coefficient (Wildman–Crippen LogP) is 3.47. The Morgan fingerprint density at radius 3 is 2.62 bits per heavy atom. The molecule has 162 valence electrons. The van der Waals surface area contributed by atoms with Crippen LogP contribution in [0.4, 0.5) is 0 Å². The minimum atomic E-state index is -0.311. The molecule has 4 rings (SSSR count). The van der Waals surface area contributed by atoms with E-state index in [1.807, 2.05) is 11.4 Å². The molecule has 3 aromatic heterocycles. The average Bonchev–Trinajstić information content (AvgIpc) is 3.26. The molecular weight excluding hydrogens is 422 g/mol. The number of amides is 1. The first-order valence-electron chi connectivity index (χ1n) is 10.3. The van der Waals surface area contributed by atoms with Gasteiger partial charge in [-0.3, -0.25) is 14.6 Å². The number of aromatic nitrogens is 4. The summed E-state index contributed by atoms with van der Waals surface area (Å²) in [5, 5.41) is 5.85. The van der Waals surface area contributed by atoms with Crippen LogP contribution >= 0.6 is 11.3 Å². The van der Waals surface area contributed by atoms with Gasteiger partial charge in [0.25, 0.3) is 5.56 Å². The first-order chi connectivity index (χ1) is 15.5. The third-order valence-corrected chi connectivity index (χ3v) is 5.99. The fraction of sp³-hybridized carbons (Fsp3) is 0.208. The van der Waals surface area contributed by atoms with Crippen molar-refractivity contribution < 1.29 is 4.79 Å². The van der Waals surface area contributed by atoms with E-state index >= 15 is 0 Å². The molecule has 0 aliphatic rings. The molecule has 8 heteroatoms. The summed E-state index contributed by atoms with van der Waals surface area (Å²) in [5.41, 5.74) is 4.54. The number of hydrogen-bond acceptors (Lipinski definition) is 6. The molecule has 0 spiro atoms. The lowest BCUT2D eigenvalue weighted by molar-refractivity contribution is -0.120. The van der Waals surface area contributed by atoms with Crippen molar-refractivity contribution in [2.24, 2.45) is 0 Å². The number of aryl methyl sites for hydroxylation is 2. The zero-order valence-electron chi connectivity index (χ0n) is 17.9. The summed E-state index contributed by atoms with van der Waals surface area (Å²) in [4.78, 5) is 40.8. The number of nitrogens with zero attached hydrogens (tertiary/aromatic N) is 3. The fourth-order valence-corrected chi connectivity index (χ4v) is 4.12. The zero-order valence-corrected chi connectivity index (χ0v) is 18.7. The van der Waals surface area contributed by atoms with E-state index in [4.69, 9.17) is 0 Å². The molecule has 4 aromatic rings. The van der Waals surface area contributed by atoms with Crippen LogP contribution in [0.3, 0.4) is 0 Å². The molecule has 0 saturated heterocycles. The van der Waals surface area contributed by atoms with Crippen molar-refractivity contribution in [3.63, 3.8) is 0 Å². The molecule has 7 nitrogen and oxygen atoms in total. The quantitative estimate of drug-likeness (QED) is 0.454. The first-order valence-corrected chi connectivity index (χ1v) is 11.2. The molecule has 1 aromatic carbocycles. The second kappa shape index (κ2) is 9.65. The van der Waals surface area contributed by atoms with E-state index in [0.29, 0.717) is 30.0 Å². The van der Waals surface area contributed by atoms with Crippen LogP contribution in [0.2, 0.25) is 0 Å². The Hall–Kier alpha value is -3.65. The second-order valence-corrected chi connectivity index (χ2v) is 8.37. The molecule has 0 fully saturated rings. The van der Waals surface area contributed by atoms with Crippen LogP contribution in [-0.4, -0.2) is 32.4 Å². The number of aromatic amines is 1. The van der Waals surface area contributed by atoms with Gasteiger partial charge in [0, 0.05) is 53.1 Å². The Kier molecular flexibility index (Phi) is 6.51. The molecule has 0 unspecified atom stereocenters. The summed E-state index contributed by atoms with van der Waals surface area (Å²) in [5.74, 6) is 0.223. The SMILES string of the molecule is Cc1ccc(-c2nc(CCNC(=O)Cc3c(C)nc(-c4cccnc4)[nH]c3=O)cs2)cc1. The Balaban J connectivity index is 1.34. The standard InChI is InChI=1S/C24H23N5O2S/c1-15-5-7-17(8-6-15)24-28-19(14-32-24)9-11-26-21(30)12-20-16(2)27-22(29-23(20)31)18-4-3-10-25-13-18/h3-8,10,13-14H,9,11-12H2,1-2H3,(H,26,30)(H,27,29,31). The third-order valence-electron chi connectivity index (χ3n) is 5.05. The van der Waals surface area contributed by atoms with Gasteiger partial charge >= 0.3 is 0 Å². The van der Waals surface area contributed by atoms with Gasteiger partial charge in [0.2, 0.25) is 5.91 Å². The summed E-state index contributed by atoms with van der Waals surface area (Å²) >= 11 is 1.59. The number of carbonyl (C=O) groups is 1. The molecule has 0 bridgehead atoms. The second-order valence-electron chi connectivity index (χ2n) is 7.51. The number of H-pyrrole nitrogens is 1. The number of rotatable bonds is 7. The van der Waals surface area contributed by atoms with E-state index in [0.717, 1.165) is 21.8 Å². The minimum Gasteiger partial charge on any atom is -0.355 e. The van der Waals surface area contributed by atoms with E-state index in [2.05, 4.69) is 56.4 Å². The van der Waals surface area contributed by atoms with E-state index in [-0.39, 0.29) is 17.9 Å². The molecule has 0 atom stereocenters.